The second kappa shape index (κ2) is 7.83. The van der Waals surface area contributed by atoms with Crippen LogP contribution in [-0.2, 0) is 24.2 Å². The molecule has 1 unspecified atom stereocenters. The zero-order valence-electron chi connectivity index (χ0n) is 13.6. The monoisotopic (exact) mass is 367 g/mol. The number of hydrogen-bond donors (Lipinski definition) is 0. The molecule has 0 spiro atoms. The van der Waals surface area contributed by atoms with Crippen LogP contribution < -0.4 is 0 Å². The molecule has 1 atom stereocenters. The van der Waals surface area contributed by atoms with E-state index in [-0.39, 0.29) is 11.9 Å². The molecule has 3 rings (SSSR count). The first-order valence-electron chi connectivity index (χ1n) is 8.01. The summed E-state index contributed by atoms with van der Waals surface area (Å²) in [6.07, 6.45) is 1.84. The Hall–Kier alpha value is -1.13. The number of methoxy groups -OCH3 is 1. The van der Waals surface area contributed by atoms with Crippen molar-refractivity contribution in [2.75, 3.05) is 13.7 Å². The summed E-state index contributed by atoms with van der Waals surface area (Å²) in [4.78, 5) is 2.35. The Morgan fingerprint density at radius 1 is 1.08 bits per heavy atom. The van der Waals surface area contributed by atoms with Gasteiger partial charge in [-0.1, -0.05) is 35.3 Å². The molecule has 1 aliphatic heterocycles. The summed E-state index contributed by atoms with van der Waals surface area (Å²) in [5, 5.41) is 1.16. The fourth-order valence-corrected chi connectivity index (χ4v) is 3.56. The Kier molecular flexibility index (Phi) is 5.77. The van der Waals surface area contributed by atoms with Crippen molar-refractivity contribution in [1.82, 2.24) is 4.90 Å². The topological polar surface area (TPSA) is 12.5 Å². The zero-order valence-corrected chi connectivity index (χ0v) is 15.1. The maximum Gasteiger partial charge on any atom is 0.123 e. The van der Waals surface area contributed by atoms with Crippen LogP contribution >= 0.6 is 23.2 Å². The molecule has 0 amide bonds. The summed E-state index contributed by atoms with van der Waals surface area (Å²) in [6.45, 7) is 2.26. The van der Waals surface area contributed by atoms with Crippen LogP contribution in [0.25, 0.3) is 0 Å². The van der Waals surface area contributed by atoms with Crippen molar-refractivity contribution in [2.24, 2.45) is 0 Å². The van der Waals surface area contributed by atoms with E-state index in [1.807, 2.05) is 24.3 Å². The van der Waals surface area contributed by atoms with Crippen LogP contribution in [0, 0.1) is 5.82 Å². The van der Waals surface area contributed by atoms with E-state index in [1.54, 1.807) is 13.2 Å². The molecule has 0 aliphatic carbocycles. The standard InChI is InChI=1S/C19H20Cl2FNO/c1-24-12-17(6-2-13-3-7-18(20)19(21)8-13)23-10-14-4-5-16(22)9-15(14)11-23/h3-5,7-9,17H,2,6,10-12H2,1H3. The van der Waals surface area contributed by atoms with E-state index in [0.717, 1.165) is 37.1 Å². The van der Waals surface area contributed by atoms with Gasteiger partial charge in [0.2, 0.25) is 0 Å². The lowest BCUT2D eigenvalue weighted by Gasteiger charge is -2.27. The lowest BCUT2D eigenvalue weighted by molar-refractivity contribution is 0.0833. The number of hydrogen-bond acceptors (Lipinski definition) is 2. The van der Waals surface area contributed by atoms with Crippen molar-refractivity contribution in [3.63, 3.8) is 0 Å². The van der Waals surface area contributed by atoms with Gasteiger partial charge in [-0.05, 0) is 53.8 Å². The van der Waals surface area contributed by atoms with Crippen molar-refractivity contribution in [3.05, 3.63) is 69.0 Å². The predicted molar refractivity (Wildman–Crippen MR) is 96.1 cm³/mol. The summed E-state index contributed by atoms with van der Waals surface area (Å²) in [5.41, 5.74) is 3.44. The molecule has 0 saturated heterocycles. The minimum atomic E-state index is -0.172. The first-order valence-corrected chi connectivity index (χ1v) is 8.76. The summed E-state index contributed by atoms with van der Waals surface area (Å²) in [6, 6.07) is 11.1. The molecule has 0 bridgehead atoms. The minimum Gasteiger partial charge on any atom is -0.383 e. The number of nitrogens with zero attached hydrogens (tertiary/aromatic N) is 1. The zero-order chi connectivity index (χ0) is 17.1. The number of ether oxygens (including phenoxy) is 1. The third-order valence-electron chi connectivity index (χ3n) is 4.54. The highest BCUT2D eigenvalue weighted by Crippen LogP contribution is 2.28. The Morgan fingerprint density at radius 2 is 1.88 bits per heavy atom. The molecule has 0 aromatic heterocycles. The lowest BCUT2D eigenvalue weighted by atomic mass is 10.0. The second-order valence-electron chi connectivity index (χ2n) is 6.21. The summed E-state index contributed by atoms with van der Waals surface area (Å²) < 4.78 is 18.8. The second-order valence-corrected chi connectivity index (χ2v) is 7.03. The van der Waals surface area contributed by atoms with Gasteiger partial charge in [-0.25, -0.2) is 4.39 Å². The maximum absolute atomic E-state index is 13.4. The molecule has 0 saturated carbocycles. The molecule has 0 radical (unpaired) electrons. The van der Waals surface area contributed by atoms with Crippen molar-refractivity contribution in [2.45, 2.75) is 32.0 Å². The average Bonchev–Trinajstić information content (AvgIpc) is 2.97. The molecule has 1 aliphatic rings. The fourth-order valence-electron chi connectivity index (χ4n) is 3.24. The van der Waals surface area contributed by atoms with Gasteiger partial charge in [0.15, 0.2) is 0 Å². The maximum atomic E-state index is 13.4. The molecule has 2 aromatic carbocycles. The van der Waals surface area contributed by atoms with E-state index in [9.17, 15) is 4.39 Å². The molecule has 0 fully saturated rings. The third-order valence-corrected chi connectivity index (χ3v) is 5.28. The van der Waals surface area contributed by atoms with Gasteiger partial charge in [0.1, 0.15) is 5.82 Å². The Balaban J connectivity index is 1.66. The molecule has 2 nitrogen and oxygen atoms in total. The molecule has 5 heteroatoms. The smallest absolute Gasteiger partial charge is 0.123 e. The van der Waals surface area contributed by atoms with E-state index in [2.05, 4.69) is 4.90 Å². The first kappa shape index (κ1) is 17.7. The van der Waals surface area contributed by atoms with Crippen molar-refractivity contribution in [1.29, 1.82) is 0 Å². The number of halogens is 3. The number of benzene rings is 2. The molecule has 0 N–H and O–H groups in total. The predicted octanol–water partition coefficient (Wildman–Crippen LogP) is 5.10. The molecular formula is C19H20Cl2FNO. The van der Waals surface area contributed by atoms with E-state index < -0.39 is 0 Å². The average molecular weight is 368 g/mol. The van der Waals surface area contributed by atoms with Crippen LogP contribution in [0.2, 0.25) is 10.0 Å². The highest BCUT2D eigenvalue weighted by Gasteiger charge is 2.26. The molecule has 128 valence electrons. The molecule has 24 heavy (non-hydrogen) atoms. The van der Waals surface area contributed by atoms with Crippen LogP contribution in [0.5, 0.6) is 0 Å². The minimum absolute atomic E-state index is 0.172. The van der Waals surface area contributed by atoms with Crippen LogP contribution in [-0.4, -0.2) is 24.7 Å². The molecule has 1 heterocycles. The van der Waals surface area contributed by atoms with Crippen LogP contribution in [0.4, 0.5) is 4.39 Å². The van der Waals surface area contributed by atoms with E-state index in [4.69, 9.17) is 27.9 Å². The largest absolute Gasteiger partial charge is 0.383 e. The van der Waals surface area contributed by atoms with Gasteiger partial charge >= 0.3 is 0 Å². The Bertz CT molecular complexity index is 723. The third kappa shape index (κ3) is 4.09. The Labute approximate surface area is 152 Å². The summed E-state index contributed by atoms with van der Waals surface area (Å²) in [5.74, 6) is -0.172. The molecular weight excluding hydrogens is 348 g/mol. The van der Waals surface area contributed by atoms with Gasteiger partial charge in [0, 0.05) is 26.2 Å². The van der Waals surface area contributed by atoms with Crippen molar-refractivity contribution >= 4 is 23.2 Å². The Morgan fingerprint density at radius 3 is 2.62 bits per heavy atom. The summed E-state index contributed by atoms with van der Waals surface area (Å²) in [7, 11) is 1.72. The van der Waals surface area contributed by atoms with Crippen molar-refractivity contribution < 1.29 is 9.13 Å². The van der Waals surface area contributed by atoms with Crippen LogP contribution in [0.15, 0.2) is 36.4 Å². The quantitative estimate of drug-likeness (QED) is 0.704. The van der Waals surface area contributed by atoms with Gasteiger partial charge in [-0.2, -0.15) is 0 Å². The highest BCUT2D eigenvalue weighted by molar-refractivity contribution is 6.42. The number of fused-ring (bicyclic) bond motifs is 1. The van der Waals surface area contributed by atoms with E-state index >= 15 is 0 Å². The van der Waals surface area contributed by atoms with Crippen LogP contribution in [0.3, 0.4) is 0 Å². The van der Waals surface area contributed by atoms with Gasteiger partial charge in [0.25, 0.3) is 0 Å². The van der Waals surface area contributed by atoms with Gasteiger partial charge < -0.3 is 4.74 Å². The lowest BCUT2D eigenvalue weighted by Crippen LogP contribution is -2.35. The number of rotatable bonds is 6. The normalized spacial score (nSPS) is 15.5. The highest BCUT2D eigenvalue weighted by atomic mass is 35.5. The van der Waals surface area contributed by atoms with Crippen LogP contribution in [0.1, 0.15) is 23.1 Å². The number of aryl methyl sites for hydroxylation is 1. The van der Waals surface area contributed by atoms with E-state index in [1.165, 1.54) is 11.6 Å². The van der Waals surface area contributed by atoms with Gasteiger partial charge in [-0.3, -0.25) is 4.90 Å². The van der Waals surface area contributed by atoms with Crippen molar-refractivity contribution in [3.8, 4) is 0 Å². The first-order chi connectivity index (χ1) is 11.6. The van der Waals surface area contributed by atoms with Gasteiger partial charge in [0.05, 0.1) is 16.7 Å². The van der Waals surface area contributed by atoms with Gasteiger partial charge in [-0.15, -0.1) is 0 Å². The van der Waals surface area contributed by atoms with E-state index in [0.29, 0.717) is 16.7 Å². The SMILES string of the molecule is COCC(CCc1ccc(Cl)c(Cl)c1)N1Cc2ccc(F)cc2C1. The fraction of sp³-hybridized carbons (Fsp3) is 0.368. The molecule has 2 aromatic rings. The summed E-state index contributed by atoms with van der Waals surface area (Å²) >= 11 is 12.1.